The van der Waals surface area contributed by atoms with E-state index in [0.29, 0.717) is 0 Å². The Hall–Kier alpha value is -1.60. The van der Waals surface area contributed by atoms with Crippen LogP contribution in [0.3, 0.4) is 0 Å². The van der Waals surface area contributed by atoms with E-state index in [9.17, 15) is 8.78 Å². The molecule has 0 aliphatic carbocycles. The van der Waals surface area contributed by atoms with Crippen LogP contribution in [0.2, 0.25) is 0 Å². The van der Waals surface area contributed by atoms with E-state index < -0.39 is 23.8 Å². The predicted molar refractivity (Wildman–Crippen MR) is 44.7 cm³/mol. The molecular formula is C9H7F2NO. The van der Waals surface area contributed by atoms with Gasteiger partial charge in [0.15, 0.2) is 5.82 Å². The predicted octanol–water partition coefficient (Wildman–Crippen LogP) is 0.891. The van der Waals surface area contributed by atoms with Gasteiger partial charge in [0, 0.05) is 0 Å². The van der Waals surface area contributed by atoms with E-state index in [2.05, 4.69) is 11.8 Å². The van der Waals surface area contributed by atoms with Gasteiger partial charge < -0.3 is 10.8 Å². The van der Waals surface area contributed by atoms with Gasteiger partial charge in [-0.15, -0.1) is 0 Å². The van der Waals surface area contributed by atoms with Gasteiger partial charge >= 0.3 is 0 Å². The van der Waals surface area contributed by atoms with Crippen LogP contribution >= 0.6 is 0 Å². The summed E-state index contributed by atoms with van der Waals surface area (Å²) >= 11 is 0. The second-order valence-corrected chi connectivity index (χ2v) is 2.29. The van der Waals surface area contributed by atoms with Crippen molar-refractivity contribution in [2.75, 3.05) is 12.3 Å². The third kappa shape index (κ3) is 1.95. The molecule has 0 aliphatic heterocycles. The standard InChI is InChI=1S/C9H7F2NO/c10-7-3-4-8(12)9(11)6(7)2-1-5-13/h3-4,13H,5,12H2. The zero-order valence-corrected chi connectivity index (χ0v) is 6.64. The first-order valence-corrected chi connectivity index (χ1v) is 3.50. The maximum absolute atomic E-state index is 13.0. The molecule has 4 heteroatoms. The topological polar surface area (TPSA) is 46.2 Å². The third-order valence-corrected chi connectivity index (χ3v) is 1.41. The molecule has 2 nitrogen and oxygen atoms in total. The van der Waals surface area contributed by atoms with Crippen molar-refractivity contribution in [3.8, 4) is 11.8 Å². The summed E-state index contributed by atoms with van der Waals surface area (Å²) in [4.78, 5) is 0. The van der Waals surface area contributed by atoms with Crippen LogP contribution in [0.5, 0.6) is 0 Å². The number of rotatable bonds is 0. The smallest absolute Gasteiger partial charge is 0.164 e. The molecule has 0 saturated heterocycles. The number of hydrogen-bond acceptors (Lipinski definition) is 2. The largest absolute Gasteiger partial charge is 0.396 e. The quantitative estimate of drug-likeness (QED) is 0.463. The van der Waals surface area contributed by atoms with E-state index in [-0.39, 0.29) is 5.69 Å². The summed E-state index contributed by atoms with van der Waals surface area (Å²) in [6.07, 6.45) is 0. The van der Waals surface area contributed by atoms with E-state index >= 15 is 0 Å². The Morgan fingerprint density at radius 3 is 2.69 bits per heavy atom. The maximum Gasteiger partial charge on any atom is 0.164 e. The molecule has 68 valence electrons. The molecule has 1 aromatic carbocycles. The molecule has 0 heterocycles. The summed E-state index contributed by atoms with van der Waals surface area (Å²) in [5, 5.41) is 8.33. The highest BCUT2D eigenvalue weighted by atomic mass is 19.1. The Labute approximate surface area is 74.0 Å². The van der Waals surface area contributed by atoms with Crippen molar-refractivity contribution in [1.29, 1.82) is 0 Å². The molecule has 0 spiro atoms. The number of hydrogen-bond donors (Lipinski definition) is 2. The number of nitrogens with two attached hydrogens (primary N) is 1. The van der Waals surface area contributed by atoms with Crippen LogP contribution in [0, 0.1) is 23.5 Å². The Kier molecular flexibility index (Phi) is 2.83. The fourth-order valence-electron chi connectivity index (χ4n) is 0.811. The van der Waals surface area contributed by atoms with Crippen LogP contribution in [0.25, 0.3) is 0 Å². The number of benzene rings is 1. The summed E-state index contributed by atoms with van der Waals surface area (Å²) < 4.78 is 25.9. The Morgan fingerprint density at radius 1 is 1.38 bits per heavy atom. The lowest BCUT2D eigenvalue weighted by atomic mass is 10.2. The normalized spacial score (nSPS) is 9.15. The van der Waals surface area contributed by atoms with Gasteiger partial charge in [0.05, 0.1) is 11.3 Å². The average molecular weight is 183 g/mol. The fraction of sp³-hybridized carbons (Fsp3) is 0.111. The first kappa shape index (κ1) is 9.49. The van der Waals surface area contributed by atoms with Crippen LogP contribution in [0.4, 0.5) is 14.5 Å². The average Bonchev–Trinajstić information content (AvgIpc) is 2.12. The minimum atomic E-state index is -0.888. The molecule has 0 radical (unpaired) electrons. The molecule has 0 fully saturated rings. The van der Waals surface area contributed by atoms with Gasteiger partial charge in [-0.1, -0.05) is 11.8 Å². The van der Waals surface area contributed by atoms with Gasteiger partial charge in [0.1, 0.15) is 12.4 Å². The molecule has 3 N–H and O–H groups in total. The highest BCUT2D eigenvalue weighted by Gasteiger charge is 2.08. The van der Waals surface area contributed by atoms with Crippen LogP contribution in [0.1, 0.15) is 5.56 Å². The maximum atomic E-state index is 13.0. The molecule has 1 aromatic rings. The second kappa shape index (κ2) is 3.87. The first-order chi connectivity index (χ1) is 6.16. The van der Waals surface area contributed by atoms with Crippen molar-refractivity contribution in [3.05, 3.63) is 29.3 Å². The number of halogens is 2. The Bertz CT molecular complexity index is 379. The molecule has 0 aliphatic rings. The lowest BCUT2D eigenvalue weighted by Crippen LogP contribution is -1.97. The molecule has 0 amide bonds. The van der Waals surface area contributed by atoms with Crippen LogP contribution in [-0.2, 0) is 0 Å². The van der Waals surface area contributed by atoms with Crippen molar-refractivity contribution in [2.45, 2.75) is 0 Å². The van der Waals surface area contributed by atoms with Crippen molar-refractivity contribution in [1.82, 2.24) is 0 Å². The second-order valence-electron chi connectivity index (χ2n) is 2.29. The van der Waals surface area contributed by atoms with Crippen LogP contribution in [-0.4, -0.2) is 11.7 Å². The molecule has 0 saturated carbocycles. The van der Waals surface area contributed by atoms with Crippen molar-refractivity contribution < 1.29 is 13.9 Å². The molecule has 1 rings (SSSR count). The lowest BCUT2D eigenvalue weighted by Gasteiger charge is -1.99. The van der Waals surface area contributed by atoms with Gasteiger partial charge in [-0.2, -0.15) is 0 Å². The molecule has 13 heavy (non-hydrogen) atoms. The third-order valence-electron chi connectivity index (χ3n) is 1.41. The Balaban J connectivity index is 3.25. The highest BCUT2D eigenvalue weighted by molar-refractivity contribution is 5.49. The number of nitrogen functional groups attached to an aromatic ring is 1. The zero-order valence-electron chi connectivity index (χ0n) is 6.64. The van der Waals surface area contributed by atoms with Gasteiger partial charge in [-0.05, 0) is 12.1 Å². The summed E-state index contributed by atoms with van der Waals surface area (Å²) in [5.41, 5.74) is 4.62. The summed E-state index contributed by atoms with van der Waals surface area (Å²) in [7, 11) is 0. The van der Waals surface area contributed by atoms with Gasteiger partial charge in [0.25, 0.3) is 0 Å². The minimum Gasteiger partial charge on any atom is -0.396 e. The molecular weight excluding hydrogens is 176 g/mol. The lowest BCUT2D eigenvalue weighted by molar-refractivity contribution is 0.350. The van der Waals surface area contributed by atoms with E-state index in [4.69, 9.17) is 10.8 Å². The molecule has 0 aromatic heterocycles. The summed E-state index contributed by atoms with van der Waals surface area (Å²) in [5.74, 6) is 2.61. The molecule has 0 unspecified atom stereocenters. The van der Waals surface area contributed by atoms with Crippen molar-refractivity contribution in [3.63, 3.8) is 0 Å². The monoisotopic (exact) mass is 183 g/mol. The SMILES string of the molecule is Nc1ccc(F)c(C#CCO)c1F. The van der Waals surface area contributed by atoms with Crippen molar-refractivity contribution >= 4 is 5.69 Å². The zero-order chi connectivity index (χ0) is 9.84. The van der Waals surface area contributed by atoms with Gasteiger partial charge in [0.2, 0.25) is 0 Å². The van der Waals surface area contributed by atoms with E-state index in [0.717, 1.165) is 12.1 Å². The van der Waals surface area contributed by atoms with Gasteiger partial charge in [-0.25, -0.2) is 8.78 Å². The minimum absolute atomic E-state index is 0.163. The number of anilines is 1. The fourth-order valence-corrected chi connectivity index (χ4v) is 0.811. The summed E-state index contributed by atoms with van der Waals surface area (Å²) in [6.45, 7) is -0.451. The van der Waals surface area contributed by atoms with Crippen LogP contribution in [0.15, 0.2) is 12.1 Å². The molecule has 0 bridgehead atoms. The molecule has 0 atom stereocenters. The highest BCUT2D eigenvalue weighted by Crippen LogP contribution is 2.17. The first-order valence-electron chi connectivity index (χ1n) is 3.50. The van der Waals surface area contributed by atoms with E-state index in [1.165, 1.54) is 0 Å². The number of aliphatic hydroxyl groups excluding tert-OH is 1. The van der Waals surface area contributed by atoms with Gasteiger partial charge in [-0.3, -0.25) is 0 Å². The van der Waals surface area contributed by atoms with Crippen molar-refractivity contribution in [2.24, 2.45) is 0 Å². The van der Waals surface area contributed by atoms with E-state index in [1.807, 2.05) is 0 Å². The Morgan fingerprint density at radius 2 is 2.08 bits per heavy atom. The summed E-state index contributed by atoms with van der Waals surface area (Å²) in [6, 6.07) is 2.15. The number of aliphatic hydroxyl groups is 1. The van der Waals surface area contributed by atoms with Crippen LogP contribution < -0.4 is 5.73 Å². The van der Waals surface area contributed by atoms with E-state index in [1.54, 1.807) is 0 Å².